The summed E-state index contributed by atoms with van der Waals surface area (Å²) in [5.74, 6) is 2.33. The molecule has 1 fully saturated rings. The maximum absolute atomic E-state index is 12.5. The van der Waals surface area contributed by atoms with Gasteiger partial charge in [0.05, 0.1) is 4.90 Å². The Bertz CT molecular complexity index is 1150. The molecule has 156 valence electrons. The van der Waals surface area contributed by atoms with E-state index >= 15 is 0 Å². The predicted molar refractivity (Wildman–Crippen MR) is 120 cm³/mol. The number of halogens is 1. The van der Waals surface area contributed by atoms with Gasteiger partial charge in [-0.3, -0.25) is 4.72 Å². The van der Waals surface area contributed by atoms with Gasteiger partial charge in [0.2, 0.25) is 0 Å². The molecule has 0 amide bonds. The summed E-state index contributed by atoms with van der Waals surface area (Å²) < 4.78 is 27.6. The third kappa shape index (κ3) is 4.83. The molecule has 0 radical (unpaired) electrons. The van der Waals surface area contributed by atoms with Gasteiger partial charge in [-0.25, -0.2) is 18.4 Å². The molecule has 2 aromatic carbocycles. The second-order valence-electron chi connectivity index (χ2n) is 7.12. The molecule has 0 aliphatic carbocycles. The fourth-order valence-corrected chi connectivity index (χ4v) is 4.70. The van der Waals surface area contributed by atoms with E-state index in [0.717, 1.165) is 24.6 Å². The number of anilines is 4. The van der Waals surface area contributed by atoms with Crippen LogP contribution < -0.4 is 14.9 Å². The summed E-state index contributed by atoms with van der Waals surface area (Å²) in [5, 5.41) is 3.63. The van der Waals surface area contributed by atoms with Crippen molar-refractivity contribution >= 4 is 44.6 Å². The van der Waals surface area contributed by atoms with E-state index in [2.05, 4.69) is 24.9 Å². The van der Waals surface area contributed by atoms with Crippen LogP contribution in [0.3, 0.4) is 0 Å². The fourth-order valence-electron chi connectivity index (χ4n) is 3.34. The lowest BCUT2D eigenvalue weighted by Gasteiger charge is -2.18. The average Bonchev–Trinajstić information content (AvgIpc) is 3.24. The first-order valence-corrected chi connectivity index (χ1v) is 11.5. The molecule has 9 heteroatoms. The topological polar surface area (TPSA) is 87.2 Å². The molecule has 0 unspecified atom stereocenters. The molecule has 4 rings (SSSR count). The molecule has 1 aliphatic rings. The van der Waals surface area contributed by atoms with Gasteiger partial charge in [0, 0.05) is 35.6 Å². The van der Waals surface area contributed by atoms with Crippen molar-refractivity contribution in [1.82, 2.24) is 9.97 Å². The smallest absolute Gasteiger partial charge is 0.261 e. The van der Waals surface area contributed by atoms with Gasteiger partial charge in [0.15, 0.2) is 0 Å². The largest absolute Gasteiger partial charge is 0.356 e. The lowest BCUT2D eigenvalue weighted by Crippen LogP contribution is -2.19. The van der Waals surface area contributed by atoms with E-state index in [1.165, 1.54) is 25.0 Å². The zero-order chi connectivity index (χ0) is 21.1. The molecule has 1 aliphatic heterocycles. The summed E-state index contributed by atoms with van der Waals surface area (Å²) in [6.45, 7) is 3.90. The van der Waals surface area contributed by atoms with Crippen molar-refractivity contribution < 1.29 is 8.42 Å². The van der Waals surface area contributed by atoms with Crippen molar-refractivity contribution in [2.75, 3.05) is 28.0 Å². The molecule has 30 heavy (non-hydrogen) atoms. The Kier molecular flexibility index (Phi) is 5.78. The highest BCUT2D eigenvalue weighted by molar-refractivity contribution is 7.92. The maximum atomic E-state index is 12.5. The van der Waals surface area contributed by atoms with Crippen LogP contribution in [0.2, 0.25) is 5.02 Å². The highest BCUT2D eigenvalue weighted by Gasteiger charge is 2.16. The first-order chi connectivity index (χ1) is 14.4. The Balaban J connectivity index is 1.48. The molecule has 1 aromatic heterocycles. The Labute approximate surface area is 181 Å². The van der Waals surface area contributed by atoms with Crippen molar-refractivity contribution in [2.45, 2.75) is 24.7 Å². The van der Waals surface area contributed by atoms with Crippen LogP contribution in [-0.4, -0.2) is 31.5 Å². The lowest BCUT2D eigenvalue weighted by atomic mass is 10.3. The summed E-state index contributed by atoms with van der Waals surface area (Å²) in [5.41, 5.74) is 1.25. The van der Waals surface area contributed by atoms with Crippen LogP contribution in [0.4, 0.5) is 23.0 Å². The van der Waals surface area contributed by atoms with Crippen LogP contribution in [0.15, 0.2) is 59.5 Å². The number of nitrogens with zero attached hydrogens (tertiary/aromatic N) is 3. The van der Waals surface area contributed by atoms with Crippen LogP contribution in [0, 0.1) is 6.92 Å². The Hall–Kier alpha value is -2.84. The Morgan fingerprint density at radius 3 is 2.37 bits per heavy atom. The number of nitrogens with one attached hydrogen (secondary N) is 2. The second-order valence-corrected chi connectivity index (χ2v) is 9.24. The second kappa shape index (κ2) is 8.49. The molecule has 2 N–H and O–H groups in total. The summed E-state index contributed by atoms with van der Waals surface area (Å²) in [6, 6.07) is 15.1. The zero-order valence-electron chi connectivity index (χ0n) is 16.5. The number of aryl methyl sites for hydroxylation is 1. The first-order valence-electron chi connectivity index (χ1n) is 9.65. The number of sulfonamides is 1. The lowest BCUT2D eigenvalue weighted by molar-refractivity contribution is 0.601. The van der Waals surface area contributed by atoms with Gasteiger partial charge in [0.25, 0.3) is 10.0 Å². The predicted octanol–water partition coefficient (Wildman–Crippen LogP) is 4.58. The minimum Gasteiger partial charge on any atom is -0.356 e. The van der Waals surface area contributed by atoms with E-state index < -0.39 is 10.0 Å². The van der Waals surface area contributed by atoms with E-state index in [-0.39, 0.29) is 4.90 Å². The van der Waals surface area contributed by atoms with Crippen molar-refractivity contribution in [1.29, 1.82) is 0 Å². The third-order valence-electron chi connectivity index (χ3n) is 4.77. The van der Waals surface area contributed by atoms with Crippen LogP contribution >= 0.6 is 11.6 Å². The van der Waals surface area contributed by atoms with Crippen molar-refractivity contribution in [3.05, 3.63) is 65.4 Å². The molecule has 7 nitrogen and oxygen atoms in total. The number of rotatable bonds is 6. The van der Waals surface area contributed by atoms with Gasteiger partial charge in [-0.05, 0) is 62.2 Å². The quantitative estimate of drug-likeness (QED) is 0.579. The van der Waals surface area contributed by atoms with Crippen LogP contribution in [0.5, 0.6) is 0 Å². The molecule has 0 spiro atoms. The summed E-state index contributed by atoms with van der Waals surface area (Å²) >= 11 is 5.90. The van der Waals surface area contributed by atoms with Gasteiger partial charge >= 0.3 is 0 Å². The monoisotopic (exact) mass is 443 g/mol. The summed E-state index contributed by atoms with van der Waals surface area (Å²) in [6.07, 6.45) is 2.36. The number of benzene rings is 2. The average molecular weight is 444 g/mol. The molecule has 3 aromatic rings. The fraction of sp³-hybridized carbons (Fsp3) is 0.238. The van der Waals surface area contributed by atoms with E-state index in [1.807, 2.05) is 13.0 Å². The van der Waals surface area contributed by atoms with Crippen LogP contribution in [0.1, 0.15) is 18.7 Å². The molecule has 0 atom stereocenters. The van der Waals surface area contributed by atoms with Crippen molar-refractivity contribution in [2.24, 2.45) is 0 Å². The summed E-state index contributed by atoms with van der Waals surface area (Å²) in [4.78, 5) is 11.4. The van der Waals surface area contributed by atoms with Gasteiger partial charge in [-0.2, -0.15) is 0 Å². The van der Waals surface area contributed by atoms with E-state index in [0.29, 0.717) is 22.4 Å². The molecule has 0 saturated carbocycles. The third-order valence-corrected chi connectivity index (χ3v) is 6.38. The molecule has 0 bridgehead atoms. The van der Waals surface area contributed by atoms with E-state index in [1.54, 1.807) is 36.4 Å². The van der Waals surface area contributed by atoms with E-state index in [4.69, 9.17) is 11.6 Å². The highest BCUT2D eigenvalue weighted by atomic mass is 35.5. The van der Waals surface area contributed by atoms with Crippen LogP contribution in [0.25, 0.3) is 0 Å². The Morgan fingerprint density at radius 1 is 0.967 bits per heavy atom. The molecule has 2 heterocycles. The van der Waals surface area contributed by atoms with Crippen molar-refractivity contribution in [3.63, 3.8) is 0 Å². The van der Waals surface area contributed by atoms with Gasteiger partial charge < -0.3 is 10.2 Å². The highest BCUT2D eigenvalue weighted by Crippen LogP contribution is 2.24. The minimum atomic E-state index is -3.71. The number of hydrogen-bond donors (Lipinski definition) is 2. The van der Waals surface area contributed by atoms with Gasteiger partial charge in [-0.15, -0.1) is 0 Å². The molecular formula is C21H22ClN5O2S. The van der Waals surface area contributed by atoms with Crippen LogP contribution in [-0.2, 0) is 10.0 Å². The maximum Gasteiger partial charge on any atom is 0.261 e. The first kappa shape index (κ1) is 20.4. The van der Waals surface area contributed by atoms with Crippen molar-refractivity contribution in [3.8, 4) is 0 Å². The normalized spacial score (nSPS) is 14.0. The SMILES string of the molecule is Cc1nc(Nc2ccc(NS(=O)(=O)c3cccc(Cl)c3)cc2)cc(N2CCCC2)n1. The number of hydrogen-bond acceptors (Lipinski definition) is 6. The number of aromatic nitrogens is 2. The Morgan fingerprint density at radius 2 is 1.67 bits per heavy atom. The summed E-state index contributed by atoms with van der Waals surface area (Å²) in [7, 11) is -3.71. The van der Waals surface area contributed by atoms with Gasteiger partial charge in [-0.1, -0.05) is 17.7 Å². The molecular weight excluding hydrogens is 422 g/mol. The molecule has 1 saturated heterocycles. The van der Waals surface area contributed by atoms with E-state index in [9.17, 15) is 8.42 Å². The minimum absolute atomic E-state index is 0.114. The van der Waals surface area contributed by atoms with Gasteiger partial charge in [0.1, 0.15) is 17.5 Å². The zero-order valence-corrected chi connectivity index (χ0v) is 18.0. The standard InChI is InChI=1S/C21H22ClN5O2S/c1-15-23-20(14-21(24-15)27-11-2-3-12-27)25-17-7-9-18(10-8-17)26-30(28,29)19-6-4-5-16(22)13-19/h4-10,13-14,26H,2-3,11-12H2,1H3,(H,23,24,25).